The van der Waals surface area contributed by atoms with Crippen LogP contribution in [-0.2, 0) is 5.88 Å². The van der Waals surface area contributed by atoms with E-state index in [0.717, 1.165) is 16.6 Å². The van der Waals surface area contributed by atoms with E-state index in [4.69, 9.17) is 17.3 Å². The quantitative estimate of drug-likeness (QED) is 0.626. The number of nitrogens with two attached hydrogens (primary N) is 1. The number of benzene rings is 1. The predicted molar refractivity (Wildman–Crippen MR) is 68.5 cm³/mol. The molecule has 0 radical (unpaired) electrons. The van der Waals surface area contributed by atoms with Gasteiger partial charge in [0.1, 0.15) is 0 Å². The molecule has 2 aromatic rings. The van der Waals surface area contributed by atoms with E-state index in [9.17, 15) is 0 Å². The molecule has 68 valence electrons. The van der Waals surface area contributed by atoms with Gasteiger partial charge in [-0.3, -0.25) is 0 Å². The maximum absolute atomic E-state index is 5.86. The molecule has 0 aliphatic carbocycles. The van der Waals surface area contributed by atoms with Crippen LogP contribution >= 0.6 is 45.5 Å². The molecule has 13 heavy (non-hydrogen) atoms. The summed E-state index contributed by atoms with van der Waals surface area (Å²) in [6.07, 6.45) is 0. The van der Waals surface area contributed by atoms with Gasteiger partial charge >= 0.3 is 0 Å². The average molecular weight is 324 g/mol. The summed E-state index contributed by atoms with van der Waals surface area (Å²) >= 11 is 9.79. The minimum atomic E-state index is 0.545. The second-order valence-electron chi connectivity index (χ2n) is 2.74. The first kappa shape index (κ1) is 9.55. The molecule has 1 nitrogen and oxygen atoms in total. The summed E-state index contributed by atoms with van der Waals surface area (Å²) in [5, 5.41) is 3.13. The van der Waals surface area contributed by atoms with Crippen molar-refractivity contribution in [1.82, 2.24) is 0 Å². The first-order valence-corrected chi connectivity index (χ1v) is 6.23. The van der Waals surface area contributed by atoms with Gasteiger partial charge in [0.15, 0.2) is 0 Å². The molecule has 4 heteroatoms. The zero-order chi connectivity index (χ0) is 9.42. The Kier molecular flexibility index (Phi) is 2.67. The Balaban J connectivity index is 2.83. The Morgan fingerprint density at radius 3 is 2.92 bits per heavy atom. The first-order valence-electron chi connectivity index (χ1n) is 3.74. The molecule has 0 fully saturated rings. The highest BCUT2D eigenvalue weighted by Crippen LogP contribution is 2.34. The van der Waals surface area contributed by atoms with Gasteiger partial charge in [0.2, 0.25) is 0 Å². The van der Waals surface area contributed by atoms with E-state index in [1.165, 1.54) is 8.27 Å². The van der Waals surface area contributed by atoms with E-state index in [0.29, 0.717) is 5.88 Å². The molecule has 0 atom stereocenters. The Labute approximate surface area is 99.0 Å². The largest absolute Gasteiger partial charge is 0.398 e. The van der Waals surface area contributed by atoms with Gasteiger partial charge in [-0.15, -0.1) is 22.9 Å². The normalized spacial score (nSPS) is 10.9. The van der Waals surface area contributed by atoms with E-state index in [-0.39, 0.29) is 0 Å². The smallest absolute Gasteiger partial charge is 0.0513 e. The van der Waals surface area contributed by atoms with Crippen molar-refractivity contribution in [2.75, 3.05) is 5.73 Å². The fourth-order valence-corrected chi connectivity index (χ4v) is 3.72. The van der Waals surface area contributed by atoms with Crippen molar-refractivity contribution in [2.45, 2.75) is 5.88 Å². The van der Waals surface area contributed by atoms with E-state index < -0.39 is 0 Å². The van der Waals surface area contributed by atoms with Gasteiger partial charge in [0, 0.05) is 24.9 Å². The second kappa shape index (κ2) is 3.63. The van der Waals surface area contributed by atoms with Crippen LogP contribution in [0.4, 0.5) is 5.69 Å². The summed E-state index contributed by atoms with van der Waals surface area (Å²) < 4.78 is 2.42. The third-order valence-electron chi connectivity index (χ3n) is 1.93. The monoisotopic (exact) mass is 323 g/mol. The van der Waals surface area contributed by atoms with Crippen molar-refractivity contribution in [2.24, 2.45) is 0 Å². The maximum atomic E-state index is 5.86. The SMILES string of the molecule is Nc1csc2ccc(CCl)c(I)c12. The number of hydrogen-bond donors (Lipinski definition) is 1. The van der Waals surface area contributed by atoms with Crippen LogP contribution in [-0.4, -0.2) is 0 Å². The van der Waals surface area contributed by atoms with Crippen LogP contribution in [0.15, 0.2) is 17.5 Å². The van der Waals surface area contributed by atoms with Crippen molar-refractivity contribution in [3.63, 3.8) is 0 Å². The highest BCUT2D eigenvalue weighted by atomic mass is 127. The molecular weight excluding hydrogens is 317 g/mol. The molecule has 2 rings (SSSR count). The van der Waals surface area contributed by atoms with Gasteiger partial charge in [-0.2, -0.15) is 0 Å². The number of halogens is 2. The number of alkyl halides is 1. The van der Waals surface area contributed by atoms with Crippen LogP contribution < -0.4 is 5.73 Å². The van der Waals surface area contributed by atoms with Crippen molar-refractivity contribution < 1.29 is 0 Å². The third-order valence-corrected chi connectivity index (χ3v) is 4.42. The molecule has 0 aliphatic heterocycles. The molecule has 0 saturated carbocycles. The van der Waals surface area contributed by atoms with Gasteiger partial charge in [-0.1, -0.05) is 6.07 Å². The number of rotatable bonds is 1. The van der Waals surface area contributed by atoms with Crippen LogP contribution in [0.2, 0.25) is 0 Å². The topological polar surface area (TPSA) is 26.0 Å². The molecule has 1 aromatic carbocycles. The number of hydrogen-bond acceptors (Lipinski definition) is 2. The lowest BCUT2D eigenvalue weighted by molar-refractivity contribution is 1.40. The Hall–Kier alpha value is -0.000000000000000111. The summed E-state index contributed by atoms with van der Waals surface area (Å²) in [5.74, 6) is 0.545. The van der Waals surface area contributed by atoms with Crippen LogP contribution in [0.3, 0.4) is 0 Å². The van der Waals surface area contributed by atoms with Gasteiger partial charge in [-0.05, 0) is 34.2 Å². The molecule has 1 aromatic heterocycles. The number of nitrogen functional groups attached to an aromatic ring is 1. The second-order valence-corrected chi connectivity index (χ2v) is 4.99. The minimum Gasteiger partial charge on any atom is -0.398 e. The van der Waals surface area contributed by atoms with Crippen molar-refractivity contribution in [3.05, 3.63) is 26.6 Å². The molecular formula is C9H7ClINS. The Morgan fingerprint density at radius 2 is 2.23 bits per heavy atom. The minimum absolute atomic E-state index is 0.545. The van der Waals surface area contributed by atoms with Crippen LogP contribution in [0, 0.1) is 3.57 Å². The van der Waals surface area contributed by atoms with E-state index in [1.54, 1.807) is 11.3 Å². The summed E-state index contributed by atoms with van der Waals surface area (Å²) in [5.41, 5.74) is 7.87. The van der Waals surface area contributed by atoms with Gasteiger partial charge in [0.05, 0.1) is 5.69 Å². The lowest BCUT2D eigenvalue weighted by Gasteiger charge is -2.02. The predicted octanol–water partition coefficient (Wildman–Crippen LogP) is 3.83. The standard InChI is InChI=1S/C9H7ClINS/c10-3-5-1-2-7-8(9(5)11)6(12)4-13-7/h1-2,4H,3,12H2. The zero-order valence-corrected chi connectivity index (χ0v) is 10.4. The molecule has 0 amide bonds. The van der Waals surface area contributed by atoms with Crippen molar-refractivity contribution in [1.29, 1.82) is 0 Å². The van der Waals surface area contributed by atoms with Gasteiger partial charge in [-0.25, -0.2) is 0 Å². The van der Waals surface area contributed by atoms with E-state index in [2.05, 4.69) is 34.7 Å². The van der Waals surface area contributed by atoms with E-state index in [1.807, 2.05) is 5.38 Å². The fourth-order valence-electron chi connectivity index (χ4n) is 1.26. The Bertz CT molecular complexity index is 452. The third kappa shape index (κ3) is 1.53. The van der Waals surface area contributed by atoms with E-state index >= 15 is 0 Å². The van der Waals surface area contributed by atoms with Crippen LogP contribution in [0.1, 0.15) is 5.56 Å². The van der Waals surface area contributed by atoms with Gasteiger partial charge in [0.25, 0.3) is 0 Å². The fraction of sp³-hybridized carbons (Fsp3) is 0.111. The number of fused-ring (bicyclic) bond motifs is 1. The lowest BCUT2D eigenvalue weighted by Crippen LogP contribution is -1.88. The summed E-state index contributed by atoms with van der Waals surface area (Å²) in [7, 11) is 0. The maximum Gasteiger partial charge on any atom is 0.0513 e. The first-order chi connectivity index (χ1) is 6.24. The highest BCUT2D eigenvalue weighted by molar-refractivity contribution is 14.1. The number of thiophene rings is 1. The molecule has 0 bridgehead atoms. The van der Waals surface area contributed by atoms with Crippen LogP contribution in [0.5, 0.6) is 0 Å². The molecule has 0 saturated heterocycles. The van der Waals surface area contributed by atoms with Crippen molar-refractivity contribution in [3.8, 4) is 0 Å². The highest BCUT2D eigenvalue weighted by Gasteiger charge is 2.08. The van der Waals surface area contributed by atoms with Crippen LogP contribution in [0.25, 0.3) is 10.1 Å². The van der Waals surface area contributed by atoms with Crippen molar-refractivity contribution >= 4 is 61.3 Å². The molecule has 1 heterocycles. The molecule has 0 aliphatic rings. The lowest BCUT2D eigenvalue weighted by atomic mass is 10.2. The zero-order valence-electron chi connectivity index (χ0n) is 6.68. The number of anilines is 1. The summed E-state index contributed by atoms with van der Waals surface area (Å²) in [6, 6.07) is 4.14. The summed E-state index contributed by atoms with van der Waals surface area (Å²) in [4.78, 5) is 0. The van der Waals surface area contributed by atoms with Gasteiger partial charge < -0.3 is 5.73 Å². The molecule has 0 spiro atoms. The molecule has 2 N–H and O–H groups in total. The Morgan fingerprint density at radius 1 is 1.46 bits per heavy atom. The molecule has 0 unspecified atom stereocenters. The average Bonchev–Trinajstić information content (AvgIpc) is 2.49. The summed E-state index contributed by atoms with van der Waals surface area (Å²) in [6.45, 7) is 0.